The molecule has 1 aliphatic rings. The number of hydrogen-bond donors (Lipinski definition) is 1. The molecule has 2 aromatic rings. The summed E-state index contributed by atoms with van der Waals surface area (Å²) in [6.45, 7) is 2.37. The molecule has 0 radical (unpaired) electrons. The maximum Gasteiger partial charge on any atom is 0.205 e. The molecule has 1 saturated heterocycles. The summed E-state index contributed by atoms with van der Waals surface area (Å²) in [7, 11) is -3.79. The third kappa shape index (κ3) is 3.52. The highest BCUT2D eigenvalue weighted by Crippen LogP contribution is 2.32. The van der Waals surface area contributed by atoms with E-state index in [0.29, 0.717) is 12.2 Å². The third-order valence-corrected chi connectivity index (χ3v) is 5.61. The second-order valence-electron chi connectivity index (χ2n) is 5.57. The molecule has 0 spiro atoms. The van der Waals surface area contributed by atoms with Gasteiger partial charge in [0.2, 0.25) is 9.84 Å². The average molecular weight is 330 g/mol. The van der Waals surface area contributed by atoms with E-state index < -0.39 is 15.9 Å². The highest BCUT2D eigenvalue weighted by molar-refractivity contribution is 7.95. The molecule has 0 aliphatic carbocycles. The fourth-order valence-corrected chi connectivity index (χ4v) is 3.84. The molecule has 3 rings (SSSR count). The van der Waals surface area contributed by atoms with Crippen LogP contribution in [0.5, 0.6) is 0 Å². The molecule has 0 amide bonds. The Balaban J connectivity index is 2.04. The normalized spacial score (nSPS) is 19.4. The van der Waals surface area contributed by atoms with Crippen LogP contribution in [-0.2, 0) is 14.6 Å². The van der Waals surface area contributed by atoms with Crippen molar-refractivity contribution in [3.05, 3.63) is 76.7 Å². The summed E-state index contributed by atoms with van der Waals surface area (Å²) < 4.78 is 31.0. The van der Waals surface area contributed by atoms with Gasteiger partial charge in [-0.3, -0.25) is 0 Å². The molecule has 0 unspecified atom stereocenters. The topological polar surface area (TPSA) is 66.9 Å². The first-order chi connectivity index (χ1) is 11.0. The van der Waals surface area contributed by atoms with Crippen LogP contribution in [0.4, 0.5) is 0 Å². The zero-order valence-corrected chi connectivity index (χ0v) is 13.5. The maximum absolute atomic E-state index is 12.9. The van der Waals surface area contributed by atoms with Crippen molar-refractivity contribution in [1.29, 1.82) is 0 Å². The fourth-order valence-electron chi connectivity index (χ4n) is 2.32. The van der Waals surface area contributed by atoms with Crippen molar-refractivity contribution in [2.75, 3.05) is 6.61 Å². The summed E-state index contributed by atoms with van der Waals surface area (Å²) in [5.41, 5.74) is 1.51. The molecule has 120 valence electrons. The molecule has 1 fully saturated rings. The molecule has 23 heavy (non-hydrogen) atoms. The Kier molecular flexibility index (Phi) is 4.35. The van der Waals surface area contributed by atoms with Crippen LogP contribution in [0.25, 0.3) is 0 Å². The predicted molar refractivity (Wildman–Crippen MR) is 87.6 cm³/mol. The van der Waals surface area contributed by atoms with Gasteiger partial charge in [0.25, 0.3) is 0 Å². The number of aliphatic hydroxyl groups is 1. The van der Waals surface area contributed by atoms with Gasteiger partial charge in [0.15, 0.2) is 0 Å². The highest BCUT2D eigenvalue weighted by atomic mass is 32.2. The monoisotopic (exact) mass is 330 g/mol. The fraction of sp³-hybridized carbons (Fsp3) is 0.222. The first kappa shape index (κ1) is 15.9. The van der Waals surface area contributed by atoms with Gasteiger partial charge in [0, 0.05) is 0 Å². The Morgan fingerprint density at radius 1 is 1.17 bits per heavy atom. The molecule has 1 N–H and O–H groups in total. The predicted octanol–water partition coefficient (Wildman–Crippen LogP) is 2.79. The van der Waals surface area contributed by atoms with Gasteiger partial charge in [0.05, 0.1) is 16.4 Å². The largest absolute Gasteiger partial charge is 0.383 e. The van der Waals surface area contributed by atoms with Gasteiger partial charge in [-0.15, -0.1) is 0 Å². The van der Waals surface area contributed by atoms with Gasteiger partial charge < -0.3 is 9.84 Å². The number of rotatable bonds is 5. The van der Waals surface area contributed by atoms with E-state index in [1.165, 1.54) is 6.08 Å². The van der Waals surface area contributed by atoms with Crippen LogP contribution < -0.4 is 0 Å². The van der Waals surface area contributed by atoms with Gasteiger partial charge in [0.1, 0.15) is 12.2 Å². The standard InChI is InChI=1S/C18H18O4S/c1-13-7-9-16(10-8-13)23(20,21)17(11-15-12-22-15)18(19)14-5-3-2-4-6-14/h2-11,15,18-19H,12H2,1H3/b17-11+/t15-,18+/m1/s1. The van der Waals surface area contributed by atoms with Crippen LogP contribution in [0.3, 0.4) is 0 Å². The van der Waals surface area contributed by atoms with Crippen LogP contribution >= 0.6 is 0 Å². The lowest BCUT2D eigenvalue weighted by Gasteiger charge is -2.16. The smallest absolute Gasteiger partial charge is 0.205 e. The van der Waals surface area contributed by atoms with Crippen molar-refractivity contribution in [2.24, 2.45) is 0 Å². The minimum absolute atomic E-state index is 0.0324. The van der Waals surface area contributed by atoms with Crippen LogP contribution in [0, 0.1) is 6.92 Å². The molecule has 1 heterocycles. The summed E-state index contributed by atoms with van der Waals surface area (Å²) in [6, 6.07) is 15.4. The van der Waals surface area contributed by atoms with E-state index in [1.54, 1.807) is 48.5 Å². The SMILES string of the molecule is Cc1ccc(S(=O)(=O)/C(=C/[C@@H]2CO2)[C@@H](O)c2ccccc2)cc1. The Labute approximate surface area is 136 Å². The van der Waals surface area contributed by atoms with Crippen LogP contribution in [0.15, 0.2) is 70.5 Å². The van der Waals surface area contributed by atoms with Gasteiger partial charge in [-0.25, -0.2) is 8.42 Å². The quantitative estimate of drug-likeness (QED) is 0.856. The lowest BCUT2D eigenvalue weighted by Crippen LogP contribution is -2.14. The minimum Gasteiger partial charge on any atom is -0.383 e. The minimum atomic E-state index is -3.79. The lowest BCUT2D eigenvalue weighted by atomic mass is 10.1. The Hall–Kier alpha value is -1.95. The summed E-state index contributed by atoms with van der Waals surface area (Å²) in [6.07, 6.45) is 0.0441. The molecule has 0 saturated carbocycles. The van der Waals surface area contributed by atoms with Crippen molar-refractivity contribution in [3.63, 3.8) is 0 Å². The average Bonchev–Trinajstić information content (AvgIpc) is 3.37. The molecule has 0 aromatic heterocycles. The number of aliphatic hydroxyl groups excluding tert-OH is 1. The van der Waals surface area contributed by atoms with E-state index in [2.05, 4.69) is 0 Å². The van der Waals surface area contributed by atoms with E-state index in [4.69, 9.17) is 4.74 Å². The van der Waals surface area contributed by atoms with Crippen LogP contribution in [-0.4, -0.2) is 26.2 Å². The Morgan fingerprint density at radius 3 is 2.35 bits per heavy atom. The van der Waals surface area contributed by atoms with Gasteiger partial charge >= 0.3 is 0 Å². The molecular formula is C18H18O4S. The highest BCUT2D eigenvalue weighted by Gasteiger charge is 2.32. The first-order valence-electron chi connectivity index (χ1n) is 7.36. The molecule has 0 bridgehead atoms. The number of benzene rings is 2. The summed E-state index contributed by atoms with van der Waals surface area (Å²) in [4.78, 5) is 0.139. The summed E-state index contributed by atoms with van der Waals surface area (Å²) >= 11 is 0. The van der Waals surface area contributed by atoms with E-state index in [1.807, 2.05) is 13.0 Å². The molecule has 1 aliphatic heterocycles. The van der Waals surface area contributed by atoms with Gasteiger partial charge in [-0.05, 0) is 30.7 Å². The number of epoxide rings is 1. The molecule has 4 nitrogen and oxygen atoms in total. The number of sulfone groups is 1. The molecular weight excluding hydrogens is 312 g/mol. The second-order valence-corrected chi connectivity index (χ2v) is 7.52. The molecule has 2 atom stereocenters. The van der Waals surface area contributed by atoms with E-state index in [0.717, 1.165) is 5.56 Å². The number of hydrogen-bond acceptors (Lipinski definition) is 4. The van der Waals surface area contributed by atoms with E-state index >= 15 is 0 Å². The number of ether oxygens (including phenoxy) is 1. The summed E-state index contributed by atoms with van der Waals surface area (Å²) in [5.74, 6) is 0. The van der Waals surface area contributed by atoms with Gasteiger partial charge in [-0.1, -0.05) is 48.0 Å². The maximum atomic E-state index is 12.9. The zero-order chi connectivity index (χ0) is 16.4. The zero-order valence-electron chi connectivity index (χ0n) is 12.7. The Morgan fingerprint density at radius 2 is 1.78 bits per heavy atom. The van der Waals surface area contributed by atoms with Gasteiger partial charge in [-0.2, -0.15) is 0 Å². The van der Waals surface area contributed by atoms with Crippen molar-refractivity contribution >= 4 is 9.84 Å². The second kappa shape index (κ2) is 6.28. The van der Waals surface area contributed by atoms with Crippen molar-refractivity contribution in [3.8, 4) is 0 Å². The van der Waals surface area contributed by atoms with Crippen LogP contribution in [0.2, 0.25) is 0 Å². The summed E-state index contributed by atoms with van der Waals surface area (Å²) in [5, 5.41) is 10.6. The van der Waals surface area contributed by atoms with Crippen molar-refractivity contribution < 1.29 is 18.3 Å². The molecule has 2 aromatic carbocycles. The van der Waals surface area contributed by atoms with Crippen LogP contribution in [0.1, 0.15) is 17.2 Å². The lowest BCUT2D eigenvalue weighted by molar-refractivity contribution is 0.222. The number of aryl methyl sites for hydroxylation is 1. The molecule has 5 heteroatoms. The van der Waals surface area contributed by atoms with E-state index in [9.17, 15) is 13.5 Å². The first-order valence-corrected chi connectivity index (χ1v) is 8.85. The van der Waals surface area contributed by atoms with Crippen molar-refractivity contribution in [1.82, 2.24) is 0 Å². The van der Waals surface area contributed by atoms with Crippen molar-refractivity contribution in [2.45, 2.75) is 24.0 Å². The Bertz CT molecular complexity index is 804. The third-order valence-electron chi connectivity index (χ3n) is 3.74. The van der Waals surface area contributed by atoms with E-state index in [-0.39, 0.29) is 15.9 Å².